The van der Waals surface area contributed by atoms with Crippen LogP contribution >= 0.6 is 0 Å². The summed E-state index contributed by atoms with van der Waals surface area (Å²) in [5.74, 6) is -0.649. The van der Waals surface area contributed by atoms with Gasteiger partial charge in [0.05, 0.1) is 6.10 Å². The van der Waals surface area contributed by atoms with Crippen molar-refractivity contribution in [2.24, 2.45) is 0 Å². The van der Waals surface area contributed by atoms with Crippen LogP contribution < -0.4 is 0 Å². The van der Waals surface area contributed by atoms with E-state index >= 15 is 0 Å². The molecule has 1 aromatic rings. The maximum atomic E-state index is 12.7. The molecule has 21 heavy (non-hydrogen) atoms. The lowest BCUT2D eigenvalue weighted by atomic mass is 9.98. The Morgan fingerprint density at radius 3 is 2.43 bits per heavy atom. The van der Waals surface area contributed by atoms with Gasteiger partial charge in [-0.3, -0.25) is 4.79 Å². The van der Waals surface area contributed by atoms with Gasteiger partial charge in [0.1, 0.15) is 6.10 Å². The molecular formula is C18H26O3. The van der Waals surface area contributed by atoms with Gasteiger partial charge >= 0.3 is 0 Å². The van der Waals surface area contributed by atoms with Gasteiger partial charge in [0.2, 0.25) is 0 Å². The smallest absolute Gasteiger partial charge is 0.194 e. The molecule has 0 aromatic heterocycles. The normalized spacial score (nSPS) is 24.2. The molecule has 1 heterocycles. The van der Waals surface area contributed by atoms with Crippen molar-refractivity contribution in [3.63, 3.8) is 0 Å². The van der Waals surface area contributed by atoms with Gasteiger partial charge in [0.25, 0.3) is 0 Å². The molecule has 0 bridgehead atoms. The van der Waals surface area contributed by atoms with Crippen LogP contribution in [0.1, 0.15) is 62.4 Å². The quantitative estimate of drug-likeness (QED) is 0.579. The van der Waals surface area contributed by atoms with Gasteiger partial charge in [-0.15, -0.1) is 0 Å². The molecular weight excluding hydrogens is 264 g/mol. The van der Waals surface area contributed by atoms with Gasteiger partial charge in [-0.25, -0.2) is 0 Å². The van der Waals surface area contributed by atoms with E-state index in [2.05, 4.69) is 6.92 Å². The third-order valence-electron chi connectivity index (χ3n) is 3.87. The van der Waals surface area contributed by atoms with E-state index in [1.165, 1.54) is 0 Å². The van der Waals surface area contributed by atoms with Crippen LogP contribution in [0, 0.1) is 6.92 Å². The van der Waals surface area contributed by atoms with Crippen LogP contribution in [0.25, 0.3) is 0 Å². The summed E-state index contributed by atoms with van der Waals surface area (Å²) >= 11 is 0. The Hall–Kier alpha value is -1.19. The topological polar surface area (TPSA) is 35.5 Å². The molecule has 0 saturated carbocycles. The number of benzene rings is 1. The number of carbonyl (C=O) groups excluding carboxylic acids is 1. The highest BCUT2D eigenvalue weighted by Crippen LogP contribution is 2.32. The summed E-state index contributed by atoms with van der Waals surface area (Å²) in [7, 11) is 0. The van der Waals surface area contributed by atoms with Crippen LogP contribution in [0.2, 0.25) is 0 Å². The second kappa shape index (κ2) is 6.71. The van der Waals surface area contributed by atoms with Crippen molar-refractivity contribution in [1.82, 2.24) is 0 Å². The summed E-state index contributed by atoms with van der Waals surface area (Å²) in [5.41, 5.74) is 1.85. The molecule has 2 atom stereocenters. The number of hydrogen-bond donors (Lipinski definition) is 0. The number of unbranched alkanes of at least 4 members (excludes halogenated alkanes) is 2. The van der Waals surface area contributed by atoms with Crippen molar-refractivity contribution >= 4 is 5.78 Å². The third-order valence-corrected chi connectivity index (χ3v) is 3.87. The predicted molar refractivity (Wildman–Crippen MR) is 83.5 cm³/mol. The summed E-state index contributed by atoms with van der Waals surface area (Å²) in [6.07, 6.45) is 3.64. The molecule has 3 heteroatoms. The highest BCUT2D eigenvalue weighted by molar-refractivity contribution is 6.00. The minimum Gasteiger partial charge on any atom is -0.344 e. The molecule has 0 aliphatic carbocycles. The Morgan fingerprint density at radius 2 is 1.81 bits per heavy atom. The SMILES string of the molecule is CCCCC[C@H]1OC(C)(C)O[C@H]1C(=O)c1ccc(C)cc1. The molecule has 1 saturated heterocycles. The van der Waals surface area contributed by atoms with Crippen molar-refractivity contribution in [1.29, 1.82) is 0 Å². The average molecular weight is 290 g/mol. The molecule has 1 aromatic carbocycles. The van der Waals surface area contributed by atoms with E-state index in [1.807, 2.05) is 45.0 Å². The summed E-state index contributed by atoms with van der Waals surface area (Å²) in [5, 5.41) is 0. The van der Waals surface area contributed by atoms with E-state index in [1.54, 1.807) is 0 Å². The second-order valence-electron chi connectivity index (χ2n) is 6.32. The fourth-order valence-corrected chi connectivity index (χ4v) is 2.75. The largest absolute Gasteiger partial charge is 0.344 e. The number of ketones is 1. The standard InChI is InChI=1S/C18H26O3/c1-5-6-7-8-15-17(21-18(3,4)20-15)16(19)14-11-9-13(2)10-12-14/h9-12,15,17H,5-8H2,1-4H3/t15-,17-/m1/s1. The lowest BCUT2D eigenvalue weighted by Crippen LogP contribution is -2.31. The van der Waals surface area contributed by atoms with E-state index in [0.29, 0.717) is 5.56 Å². The highest BCUT2D eigenvalue weighted by Gasteiger charge is 2.44. The van der Waals surface area contributed by atoms with Crippen molar-refractivity contribution in [2.75, 3.05) is 0 Å². The fourth-order valence-electron chi connectivity index (χ4n) is 2.75. The zero-order chi connectivity index (χ0) is 15.5. The van der Waals surface area contributed by atoms with E-state index < -0.39 is 11.9 Å². The number of ether oxygens (including phenoxy) is 2. The van der Waals surface area contributed by atoms with Crippen molar-refractivity contribution in [2.45, 2.75) is 71.4 Å². The van der Waals surface area contributed by atoms with Gasteiger partial charge in [-0.05, 0) is 27.2 Å². The van der Waals surface area contributed by atoms with Crippen LogP contribution in [0.3, 0.4) is 0 Å². The van der Waals surface area contributed by atoms with Crippen LogP contribution in [0.15, 0.2) is 24.3 Å². The van der Waals surface area contributed by atoms with Crippen LogP contribution in [0.4, 0.5) is 0 Å². The lowest BCUT2D eigenvalue weighted by Gasteiger charge is -2.16. The van der Waals surface area contributed by atoms with Gasteiger partial charge in [-0.2, -0.15) is 0 Å². The molecule has 1 aliphatic rings. The molecule has 116 valence electrons. The van der Waals surface area contributed by atoms with Crippen molar-refractivity contribution in [3.05, 3.63) is 35.4 Å². The lowest BCUT2D eigenvalue weighted by molar-refractivity contribution is -0.143. The van der Waals surface area contributed by atoms with Crippen LogP contribution in [0.5, 0.6) is 0 Å². The van der Waals surface area contributed by atoms with E-state index in [0.717, 1.165) is 31.2 Å². The summed E-state index contributed by atoms with van der Waals surface area (Å²) in [6.45, 7) is 7.94. The summed E-state index contributed by atoms with van der Waals surface area (Å²) in [6, 6.07) is 7.66. The molecule has 1 fully saturated rings. The van der Waals surface area contributed by atoms with Crippen molar-refractivity contribution in [3.8, 4) is 0 Å². The number of Topliss-reactive ketones (excluding diaryl/α,β-unsaturated/α-hetero) is 1. The maximum Gasteiger partial charge on any atom is 0.194 e. The van der Waals surface area contributed by atoms with Gasteiger partial charge < -0.3 is 9.47 Å². The van der Waals surface area contributed by atoms with Crippen molar-refractivity contribution < 1.29 is 14.3 Å². The zero-order valence-corrected chi connectivity index (χ0v) is 13.5. The van der Waals surface area contributed by atoms with Gasteiger partial charge in [-0.1, -0.05) is 56.0 Å². The third kappa shape index (κ3) is 4.14. The first-order chi connectivity index (χ1) is 9.93. The predicted octanol–water partition coefficient (Wildman–Crippen LogP) is 4.28. The summed E-state index contributed by atoms with van der Waals surface area (Å²) < 4.78 is 11.8. The molecule has 2 rings (SSSR count). The minimum atomic E-state index is -0.679. The highest BCUT2D eigenvalue weighted by atomic mass is 16.8. The van der Waals surface area contributed by atoms with Gasteiger partial charge in [0.15, 0.2) is 11.6 Å². The molecule has 0 N–H and O–H groups in total. The molecule has 3 nitrogen and oxygen atoms in total. The Kier molecular flexibility index (Phi) is 5.17. The number of hydrogen-bond acceptors (Lipinski definition) is 3. The van der Waals surface area contributed by atoms with Gasteiger partial charge in [0, 0.05) is 5.56 Å². The first-order valence-electron chi connectivity index (χ1n) is 7.89. The summed E-state index contributed by atoms with van der Waals surface area (Å²) in [4.78, 5) is 12.7. The Morgan fingerprint density at radius 1 is 1.14 bits per heavy atom. The number of carbonyl (C=O) groups is 1. The first kappa shape index (κ1) is 16.2. The Bertz CT molecular complexity index is 476. The molecule has 0 amide bonds. The van der Waals surface area contributed by atoms with Crippen LogP contribution in [-0.4, -0.2) is 23.8 Å². The molecule has 0 spiro atoms. The molecule has 0 unspecified atom stereocenters. The zero-order valence-electron chi connectivity index (χ0n) is 13.5. The van der Waals surface area contributed by atoms with E-state index in [-0.39, 0.29) is 11.9 Å². The first-order valence-corrected chi connectivity index (χ1v) is 7.89. The number of aryl methyl sites for hydroxylation is 1. The van der Waals surface area contributed by atoms with E-state index in [9.17, 15) is 4.79 Å². The fraction of sp³-hybridized carbons (Fsp3) is 0.611. The molecule has 1 aliphatic heterocycles. The monoisotopic (exact) mass is 290 g/mol. The second-order valence-corrected chi connectivity index (χ2v) is 6.32. The Balaban J connectivity index is 2.10. The Labute approximate surface area is 127 Å². The minimum absolute atomic E-state index is 0.0297. The van der Waals surface area contributed by atoms with E-state index in [4.69, 9.17) is 9.47 Å². The maximum absolute atomic E-state index is 12.7. The van der Waals surface area contributed by atoms with Crippen LogP contribution in [-0.2, 0) is 9.47 Å². The number of rotatable bonds is 6. The molecule has 0 radical (unpaired) electrons. The average Bonchev–Trinajstić information content (AvgIpc) is 2.74.